The zero-order valence-electron chi connectivity index (χ0n) is 13.8. The van der Waals surface area contributed by atoms with Crippen LogP contribution in [0, 0.1) is 12.3 Å². The smallest absolute Gasteiger partial charge is 0.264 e. The maximum Gasteiger partial charge on any atom is 0.264 e. The molecule has 0 saturated carbocycles. The van der Waals surface area contributed by atoms with Crippen LogP contribution in [0.15, 0.2) is 34.5 Å². The van der Waals surface area contributed by atoms with Gasteiger partial charge in [-0.05, 0) is 18.9 Å². The number of H-pyrrole nitrogens is 1. The van der Waals surface area contributed by atoms with E-state index in [4.69, 9.17) is 6.42 Å². The molecule has 1 heterocycles. The molecule has 0 spiro atoms. The summed E-state index contributed by atoms with van der Waals surface area (Å²) in [6, 6.07) is 7.36. The van der Waals surface area contributed by atoms with Crippen molar-refractivity contribution in [3.8, 4) is 18.2 Å². The molecule has 0 radical (unpaired) electrons. The maximum atomic E-state index is 11.8. The van der Waals surface area contributed by atoms with Crippen molar-refractivity contribution >= 4 is 22.5 Å². The number of hydrogen-bond donors (Lipinski definition) is 2. The number of aromatic amines is 1. The molecular formula is C19H23N3O2. The number of aromatic hydroxyl groups is 1. The van der Waals surface area contributed by atoms with Gasteiger partial charge in [0.1, 0.15) is 0 Å². The fraction of sp³-hybridized carbons (Fsp3) is 0.421. The van der Waals surface area contributed by atoms with Crippen molar-refractivity contribution in [1.82, 2.24) is 4.98 Å². The van der Waals surface area contributed by atoms with Gasteiger partial charge in [0.05, 0.1) is 5.52 Å². The highest BCUT2D eigenvalue weighted by molar-refractivity contribution is 5.94. The molecule has 2 N–H and O–H groups in total. The number of unbranched alkanes of at least 4 members (excludes halogenated alkanes) is 6. The molecule has 1 amide bonds. The van der Waals surface area contributed by atoms with Crippen LogP contribution >= 0.6 is 0 Å². The number of nitrogens with one attached hydrogen (secondary N) is 1. The highest BCUT2D eigenvalue weighted by Crippen LogP contribution is 2.35. The van der Waals surface area contributed by atoms with Crippen LogP contribution in [0.1, 0.15) is 51.4 Å². The van der Waals surface area contributed by atoms with Gasteiger partial charge in [-0.25, -0.2) is 0 Å². The maximum absolute atomic E-state index is 11.8. The van der Waals surface area contributed by atoms with Gasteiger partial charge in [0.25, 0.3) is 5.91 Å². The molecule has 1 aromatic carbocycles. The van der Waals surface area contributed by atoms with Gasteiger partial charge in [0.15, 0.2) is 5.69 Å². The zero-order chi connectivity index (χ0) is 17.2. The first kappa shape index (κ1) is 17.7. The quantitative estimate of drug-likeness (QED) is 0.376. The van der Waals surface area contributed by atoms with Crippen LogP contribution in [0.5, 0.6) is 5.88 Å². The Morgan fingerprint density at radius 3 is 2.62 bits per heavy atom. The first-order valence-electron chi connectivity index (χ1n) is 8.40. The number of aromatic nitrogens is 1. The van der Waals surface area contributed by atoms with Crippen molar-refractivity contribution in [1.29, 1.82) is 0 Å². The number of rotatable bonds is 9. The topological polar surface area (TPSA) is 77.8 Å². The summed E-state index contributed by atoms with van der Waals surface area (Å²) in [6.07, 6.45) is 12.8. The number of nitrogens with zero attached hydrogens (tertiary/aromatic N) is 2. The lowest BCUT2D eigenvalue weighted by Crippen LogP contribution is -1.91. The number of para-hydroxylation sites is 1. The second-order valence-electron chi connectivity index (χ2n) is 5.79. The molecule has 0 bridgehead atoms. The Balaban J connectivity index is 1.73. The van der Waals surface area contributed by atoms with Crippen molar-refractivity contribution in [3.63, 3.8) is 0 Å². The monoisotopic (exact) mass is 325 g/mol. The van der Waals surface area contributed by atoms with Gasteiger partial charge in [0.2, 0.25) is 5.88 Å². The molecule has 5 nitrogen and oxygen atoms in total. The number of terminal acetylenes is 1. The molecule has 126 valence electrons. The van der Waals surface area contributed by atoms with Gasteiger partial charge in [-0.1, -0.05) is 43.9 Å². The predicted molar refractivity (Wildman–Crippen MR) is 95.3 cm³/mol. The molecule has 5 heteroatoms. The van der Waals surface area contributed by atoms with E-state index in [1.165, 1.54) is 0 Å². The zero-order valence-corrected chi connectivity index (χ0v) is 13.8. The number of carbonyl (C=O) groups is 1. The second-order valence-corrected chi connectivity index (χ2v) is 5.79. The van der Waals surface area contributed by atoms with E-state index in [1.807, 2.05) is 24.3 Å². The molecule has 2 aromatic rings. The standard InChI is InChI=1S/C19H23N3O2/c1-2-3-4-5-6-7-8-9-14-17(23)21-22-18-15-12-10-11-13-16(15)20-19(18)24/h1,10-13,20,24H,3-9,14H2. The Morgan fingerprint density at radius 1 is 1.12 bits per heavy atom. The molecule has 0 aliphatic heterocycles. The number of fused-ring (bicyclic) bond motifs is 1. The van der Waals surface area contributed by atoms with Gasteiger partial charge < -0.3 is 10.1 Å². The fourth-order valence-electron chi connectivity index (χ4n) is 2.58. The van der Waals surface area contributed by atoms with Gasteiger partial charge in [-0.2, -0.15) is 0 Å². The van der Waals surface area contributed by atoms with Crippen molar-refractivity contribution in [3.05, 3.63) is 24.3 Å². The number of azo groups is 1. The van der Waals surface area contributed by atoms with Crippen molar-refractivity contribution in [2.24, 2.45) is 10.2 Å². The lowest BCUT2D eigenvalue weighted by atomic mass is 10.1. The lowest BCUT2D eigenvalue weighted by Gasteiger charge is -1.99. The summed E-state index contributed by atoms with van der Waals surface area (Å²) in [5.74, 6) is 2.31. The minimum Gasteiger partial charge on any atom is -0.493 e. The minimum atomic E-state index is -0.257. The molecule has 0 fully saturated rings. The Kier molecular flexibility index (Phi) is 7.03. The van der Waals surface area contributed by atoms with E-state index in [0.29, 0.717) is 12.1 Å². The average Bonchev–Trinajstić information content (AvgIpc) is 2.90. The van der Waals surface area contributed by atoms with E-state index >= 15 is 0 Å². The molecule has 24 heavy (non-hydrogen) atoms. The third-order valence-corrected chi connectivity index (χ3v) is 3.88. The van der Waals surface area contributed by atoms with Crippen molar-refractivity contribution in [2.45, 2.75) is 51.4 Å². The number of hydrogen-bond acceptors (Lipinski definition) is 3. The molecule has 0 atom stereocenters. The summed E-state index contributed by atoms with van der Waals surface area (Å²) < 4.78 is 0. The summed E-state index contributed by atoms with van der Waals surface area (Å²) in [5, 5.41) is 18.2. The molecule has 0 aliphatic carbocycles. The SMILES string of the molecule is C#CCCCCCCCCC(=O)N=Nc1c(O)[nH]c2ccccc12. The van der Waals surface area contributed by atoms with Crippen LogP contribution in [0.25, 0.3) is 10.9 Å². The highest BCUT2D eigenvalue weighted by Gasteiger charge is 2.10. The normalized spacial score (nSPS) is 11.1. The number of benzene rings is 1. The van der Waals surface area contributed by atoms with Crippen LogP contribution in [0.4, 0.5) is 5.69 Å². The van der Waals surface area contributed by atoms with Gasteiger partial charge in [-0.15, -0.1) is 22.6 Å². The lowest BCUT2D eigenvalue weighted by molar-refractivity contribution is -0.118. The summed E-state index contributed by atoms with van der Waals surface area (Å²) in [6.45, 7) is 0. The van der Waals surface area contributed by atoms with Crippen LogP contribution in [-0.4, -0.2) is 16.0 Å². The summed E-state index contributed by atoms with van der Waals surface area (Å²) in [5.41, 5.74) is 1.08. The van der Waals surface area contributed by atoms with E-state index in [2.05, 4.69) is 21.1 Å². The highest BCUT2D eigenvalue weighted by atomic mass is 16.3. The Bertz CT molecular complexity index is 741. The van der Waals surface area contributed by atoms with Crippen LogP contribution < -0.4 is 0 Å². The first-order chi connectivity index (χ1) is 11.7. The molecule has 0 unspecified atom stereocenters. The van der Waals surface area contributed by atoms with Crippen LogP contribution in [0.2, 0.25) is 0 Å². The van der Waals surface area contributed by atoms with E-state index < -0.39 is 0 Å². The third kappa shape index (κ3) is 5.24. The summed E-state index contributed by atoms with van der Waals surface area (Å²) in [7, 11) is 0. The largest absolute Gasteiger partial charge is 0.493 e. The fourth-order valence-corrected chi connectivity index (χ4v) is 2.58. The van der Waals surface area contributed by atoms with E-state index in [9.17, 15) is 9.90 Å². The number of amides is 1. The van der Waals surface area contributed by atoms with Crippen LogP contribution in [-0.2, 0) is 4.79 Å². The van der Waals surface area contributed by atoms with E-state index in [-0.39, 0.29) is 11.8 Å². The predicted octanol–water partition coefficient (Wildman–Crippen LogP) is 5.24. The summed E-state index contributed by atoms with van der Waals surface area (Å²) in [4.78, 5) is 14.6. The Labute approximate surface area is 142 Å². The first-order valence-corrected chi connectivity index (χ1v) is 8.40. The van der Waals surface area contributed by atoms with Crippen LogP contribution in [0.3, 0.4) is 0 Å². The number of carbonyl (C=O) groups excluding carboxylic acids is 1. The molecule has 2 rings (SSSR count). The van der Waals surface area contributed by atoms with Gasteiger partial charge >= 0.3 is 0 Å². The molecular weight excluding hydrogens is 302 g/mol. The second kappa shape index (κ2) is 9.51. The van der Waals surface area contributed by atoms with E-state index in [1.54, 1.807) is 0 Å². The Hall–Kier alpha value is -2.61. The van der Waals surface area contributed by atoms with Crippen molar-refractivity contribution in [2.75, 3.05) is 0 Å². The molecule has 1 aromatic heterocycles. The van der Waals surface area contributed by atoms with E-state index in [0.717, 1.165) is 55.8 Å². The average molecular weight is 325 g/mol. The van der Waals surface area contributed by atoms with Crippen molar-refractivity contribution < 1.29 is 9.90 Å². The summed E-state index contributed by atoms with van der Waals surface area (Å²) >= 11 is 0. The third-order valence-electron chi connectivity index (χ3n) is 3.88. The molecule has 0 saturated heterocycles. The van der Waals surface area contributed by atoms with Gasteiger partial charge in [0, 0.05) is 18.2 Å². The minimum absolute atomic E-state index is 0.0697. The Morgan fingerprint density at radius 2 is 1.83 bits per heavy atom. The molecule has 0 aliphatic rings. The van der Waals surface area contributed by atoms with Gasteiger partial charge in [-0.3, -0.25) is 4.79 Å².